The van der Waals surface area contributed by atoms with Gasteiger partial charge in [0.1, 0.15) is 22.2 Å². The molecule has 1 aliphatic rings. The van der Waals surface area contributed by atoms with Crippen molar-refractivity contribution in [1.82, 2.24) is 0 Å². The Kier molecular flexibility index (Phi) is 6.98. The van der Waals surface area contributed by atoms with Gasteiger partial charge in [-0.15, -0.1) is 0 Å². The molecule has 1 fully saturated rings. The van der Waals surface area contributed by atoms with E-state index in [1.54, 1.807) is 6.92 Å². The molecule has 2 aromatic rings. The molecular formula is C23H25ClF2O3S. The van der Waals surface area contributed by atoms with Gasteiger partial charge in [-0.1, -0.05) is 31.4 Å². The Morgan fingerprint density at radius 1 is 1.17 bits per heavy atom. The van der Waals surface area contributed by atoms with Crippen molar-refractivity contribution in [3.05, 3.63) is 64.7 Å². The van der Waals surface area contributed by atoms with Gasteiger partial charge in [-0.25, -0.2) is 17.2 Å². The summed E-state index contributed by atoms with van der Waals surface area (Å²) < 4.78 is 55.0. The van der Waals surface area contributed by atoms with Gasteiger partial charge >= 0.3 is 0 Å². The second-order valence-electron chi connectivity index (χ2n) is 7.97. The number of carbonyl (C=O) groups is 1. The topological polar surface area (TPSA) is 51.2 Å². The molecule has 30 heavy (non-hydrogen) atoms. The Morgan fingerprint density at radius 3 is 2.53 bits per heavy atom. The van der Waals surface area contributed by atoms with Crippen LogP contribution in [0.3, 0.4) is 0 Å². The maximum atomic E-state index is 14.9. The van der Waals surface area contributed by atoms with Crippen molar-refractivity contribution in [3.63, 3.8) is 0 Å². The highest BCUT2D eigenvalue weighted by atomic mass is 35.5. The zero-order valence-electron chi connectivity index (χ0n) is 16.8. The van der Waals surface area contributed by atoms with Crippen LogP contribution >= 0.6 is 11.6 Å². The van der Waals surface area contributed by atoms with Crippen LogP contribution in [0.15, 0.2) is 47.4 Å². The quantitative estimate of drug-likeness (QED) is 0.497. The van der Waals surface area contributed by atoms with Crippen molar-refractivity contribution in [2.75, 3.05) is 0 Å². The molecule has 2 atom stereocenters. The molecule has 0 radical (unpaired) electrons. The van der Waals surface area contributed by atoms with Crippen molar-refractivity contribution in [2.45, 2.75) is 61.5 Å². The molecular weight excluding hydrogens is 430 g/mol. The van der Waals surface area contributed by atoms with E-state index < -0.39 is 26.2 Å². The van der Waals surface area contributed by atoms with Crippen LogP contribution in [0, 0.1) is 17.6 Å². The van der Waals surface area contributed by atoms with Gasteiger partial charge in [0.15, 0.2) is 9.84 Å². The van der Waals surface area contributed by atoms with Gasteiger partial charge in [-0.05, 0) is 67.6 Å². The lowest BCUT2D eigenvalue weighted by Crippen LogP contribution is -2.41. The fourth-order valence-corrected chi connectivity index (χ4v) is 6.84. The Labute approximate surface area is 181 Å². The molecule has 0 amide bonds. The van der Waals surface area contributed by atoms with E-state index in [1.165, 1.54) is 24.3 Å². The predicted octanol–water partition coefficient (Wildman–Crippen LogP) is 6.24. The van der Waals surface area contributed by atoms with Crippen LogP contribution in [-0.2, 0) is 19.4 Å². The normalized spacial score (nSPS) is 22.1. The van der Waals surface area contributed by atoms with Crippen molar-refractivity contribution >= 4 is 27.2 Å². The minimum atomic E-state index is -4.06. The van der Waals surface area contributed by atoms with Crippen molar-refractivity contribution in [2.24, 2.45) is 5.92 Å². The first kappa shape index (κ1) is 22.9. The molecule has 3 rings (SSSR count). The number of benzene rings is 2. The molecule has 3 nitrogen and oxygen atoms in total. The van der Waals surface area contributed by atoms with Crippen LogP contribution in [0.5, 0.6) is 0 Å². The Balaban J connectivity index is 2.11. The van der Waals surface area contributed by atoms with Crippen LogP contribution < -0.4 is 0 Å². The van der Waals surface area contributed by atoms with E-state index in [1.807, 2.05) is 0 Å². The number of Topliss-reactive ketones (excluding diaryl/α,β-unsaturated/α-hetero) is 1. The number of hydrogen-bond acceptors (Lipinski definition) is 3. The lowest BCUT2D eigenvalue weighted by molar-refractivity contribution is -0.119. The molecule has 0 unspecified atom stereocenters. The molecule has 0 bridgehead atoms. The molecule has 0 N–H and O–H groups in total. The van der Waals surface area contributed by atoms with Crippen LogP contribution in [0.25, 0.3) is 0 Å². The summed E-state index contributed by atoms with van der Waals surface area (Å²) in [4.78, 5) is 11.8. The number of carbonyl (C=O) groups excluding carboxylic acids is 1. The van der Waals surface area contributed by atoms with E-state index in [9.17, 15) is 22.0 Å². The SMILES string of the molecule is CCC(=O)CC[C@@H]1CCC[C@@](c2cc(F)ccc2F)(S(=O)(=O)c2ccc(Cl)cc2)C1. The highest BCUT2D eigenvalue weighted by Crippen LogP contribution is 2.50. The Bertz CT molecular complexity index is 1020. The first-order valence-corrected chi connectivity index (χ1v) is 12.0. The van der Waals surface area contributed by atoms with Gasteiger partial charge in [0.25, 0.3) is 0 Å². The van der Waals surface area contributed by atoms with Gasteiger partial charge in [0.05, 0.1) is 4.90 Å². The highest BCUT2D eigenvalue weighted by molar-refractivity contribution is 7.92. The minimum Gasteiger partial charge on any atom is -0.300 e. The van der Waals surface area contributed by atoms with E-state index in [0.29, 0.717) is 30.7 Å². The van der Waals surface area contributed by atoms with E-state index in [2.05, 4.69) is 0 Å². The number of hydrogen-bond donors (Lipinski definition) is 0. The minimum absolute atomic E-state index is 0.0286. The maximum absolute atomic E-state index is 14.9. The summed E-state index contributed by atoms with van der Waals surface area (Å²) in [6.45, 7) is 1.79. The highest BCUT2D eigenvalue weighted by Gasteiger charge is 2.50. The number of halogens is 3. The molecule has 0 heterocycles. The third-order valence-corrected chi connectivity index (χ3v) is 8.86. The van der Waals surface area contributed by atoms with E-state index >= 15 is 0 Å². The van der Waals surface area contributed by atoms with Crippen LogP contribution in [0.1, 0.15) is 57.4 Å². The van der Waals surface area contributed by atoms with Crippen LogP contribution in [-0.4, -0.2) is 14.2 Å². The zero-order valence-corrected chi connectivity index (χ0v) is 18.4. The summed E-state index contributed by atoms with van der Waals surface area (Å²) in [5, 5.41) is 0.388. The molecule has 1 aliphatic carbocycles. The molecule has 0 aliphatic heterocycles. The predicted molar refractivity (Wildman–Crippen MR) is 113 cm³/mol. The molecule has 2 aromatic carbocycles. The Hall–Kier alpha value is -1.79. The lowest BCUT2D eigenvalue weighted by atomic mass is 9.75. The van der Waals surface area contributed by atoms with Crippen LogP contribution in [0.2, 0.25) is 5.02 Å². The molecule has 7 heteroatoms. The van der Waals surface area contributed by atoms with Crippen molar-refractivity contribution in [3.8, 4) is 0 Å². The number of ketones is 1. The van der Waals surface area contributed by atoms with Crippen molar-refractivity contribution < 1.29 is 22.0 Å². The van der Waals surface area contributed by atoms with Gasteiger partial charge in [0, 0.05) is 23.4 Å². The van der Waals surface area contributed by atoms with Gasteiger partial charge in [-0.2, -0.15) is 0 Å². The van der Waals surface area contributed by atoms with Gasteiger partial charge in [-0.3, -0.25) is 4.79 Å². The summed E-state index contributed by atoms with van der Waals surface area (Å²) in [6, 6.07) is 8.73. The summed E-state index contributed by atoms with van der Waals surface area (Å²) in [6.07, 6.45) is 2.98. The fraction of sp³-hybridized carbons (Fsp3) is 0.435. The van der Waals surface area contributed by atoms with Crippen molar-refractivity contribution in [1.29, 1.82) is 0 Å². The van der Waals surface area contributed by atoms with E-state index in [0.717, 1.165) is 24.6 Å². The average Bonchev–Trinajstić information content (AvgIpc) is 2.74. The number of sulfone groups is 1. The first-order chi connectivity index (χ1) is 14.2. The monoisotopic (exact) mass is 454 g/mol. The summed E-state index contributed by atoms with van der Waals surface area (Å²) in [7, 11) is -4.06. The zero-order chi connectivity index (χ0) is 21.9. The fourth-order valence-electron chi connectivity index (χ4n) is 4.45. The van der Waals surface area contributed by atoms with Crippen LogP contribution in [0.4, 0.5) is 8.78 Å². The molecule has 1 saturated carbocycles. The largest absolute Gasteiger partial charge is 0.300 e. The van der Waals surface area contributed by atoms with E-state index in [-0.39, 0.29) is 35.0 Å². The molecule has 0 saturated heterocycles. The third kappa shape index (κ3) is 4.45. The molecule has 0 spiro atoms. The smallest absolute Gasteiger partial charge is 0.188 e. The lowest BCUT2D eigenvalue weighted by Gasteiger charge is -2.41. The summed E-state index contributed by atoms with van der Waals surface area (Å²) in [5.74, 6) is -1.37. The van der Waals surface area contributed by atoms with E-state index in [4.69, 9.17) is 11.6 Å². The summed E-state index contributed by atoms with van der Waals surface area (Å²) >= 11 is 5.92. The Morgan fingerprint density at radius 2 is 1.87 bits per heavy atom. The second-order valence-corrected chi connectivity index (χ2v) is 10.7. The molecule has 162 valence electrons. The standard InChI is InChI=1S/C23H25ClF2O3S/c1-2-19(27)9-5-16-4-3-13-23(15-16,21-14-18(25)8-12-22(21)26)30(28,29)20-10-6-17(24)7-11-20/h6-8,10-12,14,16H,2-5,9,13,15H2,1H3/t16-,23+/m0/s1. The third-order valence-electron chi connectivity index (χ3n) is 6.09. The average molecular weight is 455 g/mol. The summed E-state index contributed by atoms with van der Waals surface area (Å²) in [5.41, 5.74) is -0.135. The maximum Gasteiger partial charge on any atom is 0.188 e. The van der Waals surface area contributed by atoms with Gasteiger partial charge in [0.2, 0.25) is 0 Å². The number of rotatable bonds is 7. The van der Waals surface area contributed by atoms with Gasteiger partial charge < -0.3 is 0 Å². The first-order valence-electron chi connectivity index (χ1n) is 10.2. The molecule has 0 aromatic heterocycles. The second kappa shape index (κ2) is 9.15.